The normalized spacial score (nSPS) is 24.4. The summed E-state index contributed by atoms with van der Waals surface area (Å²) in [5.41, 5.74) is 1.61. The summed E-state index contributed by atoms with van der Waals surface area (Å²) in [7, 11) is 0. The minimum absolute atomic E-state index is 0.182. The third kappa shape index (κ3) is 3.40. The fourth-order valence-corrected chi connectivity index (χ4v) is 3.91. The van der Waals surface area contributed by atoms with E-state index in [-0.39, 0.29) is 5.60 Å². The van der Waals surface area contributed by atoms with Crippen LogP contribution in [0.3, 0.4) is 0 Å². The first-order chi connectivity index (χ1) is 11.3. The van der Waals surface area contributed by atoms with E-state index >= 15 is 0 Å². The Morgan fingerprint density at radius 2 is 1.87 bits per heavy atom. The molecule has 124 valence electrons. The van der Waals surface area contributed by atoms with Gasteiger partial charge in [0.2, 0.25) is 0 Å². The van der Waals surface area contributed by atoms with E-state index in [1.807, 2.05) is 0 Å². The zero-order valence-corrected chi connectivity index (χ0v) is 14.2. The molecule has 2 aliphatic heterocycles. The van der Waals surface area contributed by atoms with Crippen LogP contribution in [-0.2, 0) is 11.3 Å². The van der Waals surface area contributed by atoms with Crippen molar-refractivity contribution in [2.45, 2.75) is 44.8 Å². The number of allylic oxidation sites excluding steroid dienone is 1. The van der Waals surface area contributed by atoms with Crippen LogP contribution in [0.4, 0.5) is 0 Å². The standard InChI is InChI=1S/C20H28N2O/c1-2-21-15-19(23-20(16-21)10-11-20)18-8-12-22(13-9-18)14-17-6-4-3-5-7-17/h3-7,15,18H,2,8-14,16H2,1H3. The minimum atomic E-state index is 0.182. The molecule has 0 bridgehead atoms. The second-order valence-electron chi connectivity index (χ2n) is 7.42. The van der Waals surface area contributed by atoms with Gasteiger partial charge in [-0.25, -0.2) is 0 Å². The minimum Gasteiger partial charge on any atom is -0.488 e. The lowest BCUT2D eigenvalue weighted by Gasteiger charge is -2.39. The van der Waals surface area contributed by atoms with Crippen LogP contribution in [-0.4, -0.2) is 41.6 Å². The number of hydrogen-bond acceptors (Lipinski definition) is 3. The van der Waals surface area contributed by atoms with Crippen LogP contribution >= 0.6 is 0 Å². The van der Waals surface area contributed by atoms with E-state index in [0.717, 1.165) is 19.6 Å². The van der Waals surface area contributed by atoms with Crippen LogP contribution in [0.1, 0.15) is 38.2 Å². The molecule has 3 heteroatoms. The Hall–Kier alpha value is -1.48. The zero-order valence-electron chi connectivity index (χ0n) is 14.2. The number of benzene rings is 1. The maximum Gasteiger partial charge on any atom is 0.126 e. The van der Waals surface area contributed by atoms with Crippen LogP contribution < -0.4 is 0 Å². The Bertz CT molecular complexity index is 556. The van der Waals surface area contributed by atoms with E-state index in [1.54, 1.807) is 0 Å². The van der Waals surface area contributed by atoms with Gasteiger partial charge in [0.25, 0.3) is 0 Å². The highest BCUT2D eigenvalue weighted by Crippen LogP contribution is 2.46. The number of nitrogens with zero attached hydrogens (tertiary/aromatic N) is 2. The van der Waals surface area contributed by atoms with Crippen molar-refractivity contribution in [1.29, 1.82) is 0 Å². The molecule has 4 rings (SSSR count). The number of ether oxygens (including phenoxy) is 1. The summed E-state index contributed by atoms with van der Waals surface area (Å²) in [6.45, 7) is 7.89. The van der Waals surface area contributed by atoms with Gasteiger partial charge in [-0.05, 0) is 51.3 Å². The Morgan fingerprint density at radius 3 is 2.52 bits per heavy atom. The van der Waals surface area contributed by atoms with Crippen LogP contribution in [0.2, 0.25) is 0 Å². The molecule has 2 fully saturated rings. The van der Waals surface area contributed by atoms with Gasteiger partial charge in [0.05, 0.1) is 6.54 Å². The van der Waals surface area contributed by atoms with Crippen LogP contribution in [0.5, 0.6) is 0 Å². The summed E-state index contributed by atoms with van der Waals surface area (Å²) in [5.74, 6) is 1.89. The molecule has 0 atom stereocenters. The lowest BCUT2D eigenvalue weighted by atomic mass is 9.93. The molecular formula is C20H28N2O. The lowest BCUT2D eigenvalue weighted by Crippen LogP contribution is -2.40. The average molecular weight is 312 g/mol. The van der Waals surface area contributed by atoms with E-state index in [0.29, 0.717) is 5.92 Å². The highest BCUT2D eigenvalue weighted by atomic mass is 16.5. The molecule has 0 radical (unpaired) electrons. The van der Waals surface area contributed by atoms with Gasteiger partial charge in [0, 0.05) is 25.2 Å². The SMILES string of the molecule is CCN1C=C(C2CCN(Cc3ccccc3)CC2)OC2(CC2)C1. The first-order valence-corrected chi connectivity index (χ1v) is 9.17. The van der Waals surface area contributed by atoms with Crippen LogP contribution in [0, 0.1) is 5.92 Å². The average Bonchev–Trinajstić information content (AvgIpc) is 3.34. The number of likely N-dealkylation sites (tertiary alicyclic amines) is 1. The molecule has 0 unspecified atom stereocenters. The monoisotopic (exact) mass is 312 g/mol. The van der Waals surface area contributed by atoms with Gasteiger partial charge in [-0.3, -0.25) is 4.90 Å². The molecule has 1 saturated carbocycles. The lowest BCUT2D eigenvalue weighted by molar-refractivity contribution is 0.0125. The highest BCUT2D eigenvalue weighted by molar-refractivity contribution is 5.15. The molecule has 3 nitrogen and oxygen atoms in total. The third-order valence-corrected chi connectivity index (χ3v) is 5.59. The fourth-order valence-electron chi connectivity index (χ4n) is 3.91. The van der Waals surface area contributed by atoms with Gasteiger partial charge in [0.1, 0.15) is 11.4 Å². The van der Waals surface area contributed by atoms with Crippen LogP contribution in [0.25, 0.3) is 0 Å². The van der Waals surface area contributed by atoms with E-state index in [1.165, 1.54) is 50.1 Å². The summed E-state index contributed by atoms with van der Waals surface area (Å²) in [4.78, 5) is 5.04. The number of piperidine rings is 1. The van der Waals surface area contributed by atoms with E-state index < -0.39 is 0 Å². The van der Waals surface area contributed by atoms with E-state index in [9.17, 15) is 0 Å². The van der Waals surface area contributed by atoms with Crippen molar-refractivity contribution < 1.29 is 4.74 Å². The van der Waals surface area contributed by atoms with Gasteiger partial charge in [-0.1, -0.05) is 30.3 Å². The molecule has 2 heterocycles. The van der Waals surface area contributed by atoms with Gasteiger partial charge in [-0.15, -0.1) is 0 Å². The predicted octanol–water partition coefficient (Wildman–Crippen LogP) is 3.62. The highest BCUT2D eigenvalue weighted by Gasteiger charge is 2.49. The molecule has 1 aliphatic carbocycles. The molecular weight excluding hydrogens is 284 g/mol. The smallest absolute Gasteiger partial charge is 0.126 e. The summed E-state index contributed by atoms with van der Waals surface area (Å²) >= 11 is 0. The molecule has 1 saturated heterocycles. The molecule has 23 heavy (non-hydrogen) atoms. The zero-order chi connectivity index (χ0) is 15.7. The first-order valence-electron chi connectivity index (χ1n) is 9.17. The third-order valence-electron chi connectivity index (χ3n) is 5.59. The van der Waals surface area contributed by atoms with Gasteiger partial charge in [-0.2, -0.15) is 0 Å². The Balaban J connectivity index is 1.35. The summed E-state index contributed by atoms with van der Waals surface area (Å²) in [6.07, 6.45) is 7.25. The van der Waals surface area contributed by atoms with Crippen molar-refractivity contribution in [2.24, 2.45) is 5.92 Å². The Labute approximate surface area is 139 Å². The van der Waals surface area contributed by atoms with Crippen molar-refractivity contribution in [2.75, 3.05) is 26.2 Å². The van der Waals surface area contributed by atoms with Crippen molar-refractivity contribution in [1.82, 2.24) is 9.80 Å². The van der Waals surface area contributed by atoms with Crippen molar-refractivity contribution in [3.8, 4) is 0 Å². The Kier molecular flexibility index (Phi) is 4.06. The summed E-state index contributed by atoms with van der Waals surface area (Å²) in [6, 6.07) is 10.8. The van der Waals surface area contributed by atoms with Crippen molar-refractivity contribution in [3.05, 3.63) is 47.9 Å². The van der Waals surface area contributed by atoms with Crippen LogP contribution in [0.15, 0.2) is 42.3 Å². The van der Waals surface area contributed by atoms with Crippen molar-refractivity contribution >= 4 is 0 Å². The first kappa shape index (κ1) is 15.1. The maximum atomic E-state index is 6.41. The molecule has 0 aromatic heterocycles. The quantitative estimate of drug-likeness (QED) is 0.844. The predicted molar refractivity (Wildman–Crippen MR) is 92.8 cm³/mol. The van der Waals surface area contributed by atoms with Gasteiger partial charge in [0.15, 0.2) is 0 Å². The fraction of sp³-hybridized carbons (Fsp3) is 0.600. The van der Waals surface area contributed by atoms with E-state index in [4.69, 9.17) is 4.74 Å². The maximum absolute atomic E-state index is 6.41. The molecule has 3 aliphatic rings. The molecule has 1 aromatic carbocycles. The van der Waals surface area contributed by atoms with E-state index in [2.05, 4.69) is 53.3 Å². The number of rotatable bonds is 4. The number of likely N-dealkylation sites (N-methyl/N-ethyl adjacent to an activating group) is 1. The summed E-state index contributed by atoms with van der Waals surface area (Å²) < 4.78 is 6.41. The molecule has 0 N–H and O–H groups in total. The number of hydrogen-bond donors (Lipinski definition) is 0. The second kappa shape index (κ2) is 6.20. The largest absolute Gasteiger partial charge is 0.488 e. The molecule has 1 aromatic rings. The topological polar surface area (TPSA) is 15.7 Å². The van der Waals surface area contributed by atoms with Gasteiger partial charge < -0.3 is 9.64 Å². The molecule has 1 spiro atoms. The Morgan fingerprint density at radius 1 is 1.13 bits per heavy atom. The molecule has 0 amide bonds. The van der Waals surface area contributed by atoms with Crippen molar-refractivity contribution in [3.63, 3.8) is 0 Å². The summed E-state index contributed by atoms with van der Waals surface area (Å²) in [5, 5.41) is 0. The van der Waals surface area contributed by atoms with Gasteiger partial charge >= 0.3 is 0 Å². The second-order valence-corrected chi connectivity index (χ2v) is 7.42.